The molecule has 130 valence electrons. The van der Waals surface area contributed by atoms with Crippen molar-refractivity contribution < 1.29 is 4.79 Å². The van der Waals surface area contributed by atoms with Gasteiger partial charge in [0.1, 0.15) is 0 Å². The topological polar surface area (TPSA) is 45.2 Å². The molecule has 4 heteroatoms. The lowest BCUT2D eigenvalue weighted by Crippen LogP contribution is -2.32. The molecule has 0 aliphatic carbocycles. The highest BCUT2D eigenvalue weighted by Crippen LogP contribution is 2.37. The Morgan fingerprint density at radius 1 is 0.962 bits per heavy atom. The van der Waals surface area contributed by atoms with Gasteiger partial charge in [-0.25, -0.2) is 0 Å². The second-order valence-corrected chi connectivity index (χ2v) is 6.81. The van der Waals surface area contributed by atoms with Gasteiger partial charge in [-0.3, -0.25) is 14.7 Å². The first-order valence-electron chi connectivity index (χ1n) is 8.73. The highest BCUT2D eigenvalue weighted by atomic mass is 16.2. The summed E-state index contributed by atoms with van der Waals surface area (Å²) in [7, 11) is 0. The normalized spacial score (nSPS) is 15.9. The number of amides is 1. The first-order valence-corrected chi connectivity index (χ1v) is 8.73. The van der Waals surface area contributed by atoms with Crippen molar-refractivity contribution >= 4 is 17.3 Å². The van der Waals surface area contributed by atoms with Crippen LogP contribution in [0, 0.1) is 20.8 Å². The van der Waals surface area contributed by atoms with Gasteiger partial charge in [-0.1, -0.05) is 35.4 Å². The van der Waals surface area contributed by atoms with Crippen LogP contribution in [0.15, 0.2) is 60.8 Å². The van der Waals surface area contributed by atoms with E-state index in [9.17, 15) is 4.79 Å². The zero-order valence-corrected chi connectivity index (χ0v) is 15.2. The minimum absolute atomic E-state index is 0.0285. The molecule has 1 aromatic heterocycles. The maximum atomic E-state index is 13.1. The van der Waals surface area contributed by atoms with Crippen LogP contribution in [0.25, 0.3) is 0 Å². The quantitative estimate of drug-likeness (QED) is 0.744. The van der Waals surface area contributed by atoms with Gasteiger partial charge in [-0.2, -0.15) is 0 Å². The van der Waals surface area contributed by atoms with Gasteiger partial charge >= 0.3 is 0 Å². The number of carbonyl (C=O) groups is 1. The summed E-state index contributed by atoms with van der Waals surface area (Å²) in [6.07, 6.45) is 1.41. The van der Waals surface area contributed by atoms with Crippen LogP contribution in [0.3, 0.4) is 0 Å². The number of carbonyl (C=O) groups excluding carboxylic acids is 1. The molecule has 0 radical (unpaired) electrons. The molecule has 3 aromatic rings. The predicted molar refractivity (Wildman–Crippen MR) is 105 cm³/mol. The molecule has 0 bridgehead atoms. The number of benzene rings is 2. The monoisotopic (exact) mass is 343 g/mol. The van der Waals surface area contributed by atoms with E-state index in [1.165, 1.54) is 5.56 Å². The lowest BCUT2D eigenvalue weighted by molar-refractivity contribution is 0.0993. The van der Waals surface area contributed by atoms with E-state index in [0.29, 0.717) is 5.56 Å². The Labute approximate surface area is 153 Å². The number of hydrogen-bond acceptors (Lipinski definition) is 3. The zero-order valence-electron chi connectivity index (χ0n) is 15.2. The van der Waals surface area contributed by atoms with Crippen LogP contribution >= 0.6 is 0 Å². The second kappa shape index (κ2) is 6.30. The van der Waals surface area contributed by atoms with Crippen molar-refractivity contribution in [3.05, 3.63) is 88.7 Å². The lowest BCUT2D eigenvalue weighted by Gasteiger charge is -2.27. The summed E-state index contributed by atoms with van der Waals surface area (Å²) in [6, 6.07) is 17.9. The van der Waals surface area contributed by atoms with Crippen molar-refractivity contribution in [2.45, 2.75) is 26.9 Å². The first kappa shape index (κ1) is 16.3. The third-order valence-electron chi connectivity index (χ3n) is 4.79. The van der Waals surface area contributed by atoms with E-state index in [1.54, 1.807) is 11.1 Å². The van der Waals surface area contributed by atoms with Crippen LogP contribution in [-0.4, -0.2) is 10.9 Å². The van der Waals surface area contributed by atoms with Crippen LogP contribution in [0.2, 0.25) is 0 Å². The Morgan fingerprint density at radius 3 is 2.42 bits per heavy atom. The third-order valence-corrected chi connectivity index (χ3v) is 4.79. The molecule has 0 saturated heterocycles. The number of fused-ring (bicyclic) bond motifs is 1. The molecule has 0 spiro atoms. The van der Waals surface area contributed by atoms with Crippen LogP contribution in [0.5, 0.6) is 0 Å². The van der Waals surface area contributed by atoms with Crippen LogP contribution in [-0.2, 0) is 0 Å². The summed E-state index contributed by atoms with van der Waals surface area (Å²) in [5.41, 5.74) is 6.79. The van der Waals surface area contributed by atoms with Gasteiger partial charge in [-0.05, 0) is 56.7 Å². The zero-order chi connectivity index (χ0) is 18.3. The van der Waals surface area contributed by atoms with Crippen LogP contribution in [0.4, 0.5) is 11.4 Å². The highest BCUT2D eigenvalue weighted by Gasteiger charge is 2.39. The average Bonchev–Trinajstić information content (AvgIpc) is 2.91. The predicted octanol–water partition coefficient (Wildman–Crippen LogP) is 4.78. The number of nitrogens with zero attached hydrogens (tertiary/aromatic N) is 2. The van der Waals surface area contributed by atoms with Crippen LogP contribution < -0.4 is 10.2 Å². The molecular formula is C22H21N3O. The minimum atomic E-state index is -0.331. The summed E-state index contributed by atoms with van der Waals surface area (Å²) < 4.78 is 0. The number of anilines is 2. The number of rotatable bonds is 3. The molecule has 1 aliphatic heterocycles. The fourth-order valence-electron chi connectivity index (χ4n) is 3.41. The Morgan fingerprint density at radius 2 is 1.69 bits per heavy atom. The number of hydrogen-bond donors (Lipinski definition) is 1. The molecule has 2 aromatic carbocycles. The maximum Gasteiger partial charge on any atom is 0.262 e. The summed E-state index contributed by atoms with van der Waals surface area (Å²) in [5.74, 6) is -0.0285. The molecule has 0 saturated carbocycles. The molecule has 1 N–H and O–H groups in total. The van der Waals surface area contributed by atoms with Gasteiger partial charge in [0.25, 0.3) is 5.91 Å². The fraction of sp³-hybridized carbons (Fsp3) is 0.182. The van der Waals surface area contributed by atoms with E-state index >= 15 is 0 Å². The number of aromatic nitrogens is 1. The molecule has 4 rings (SSSR count). The van der Waals surface area contributed by atoms with E-state index in [1.807, 2.05) is 43.3 Å². The molecule has 0 unspecified atom stereocenters. The van der Waals surface area contributed by atoms with E-state index < -0.39 is 0 Å². The number of pyridine rings is 1. The van der Waals surface area contributed by atoms with Crippen molar-refractivity contribution in [2.75, 3.05) is 10.2 Å². The molecule has 26 heavy (non-hydrogen) atoms. The Bertz CT molecular complexity index is 979. The summed E-state index contributed by atoms with van der Waals surface area (Å²) in [5, 5.41) is 3.53. The van der Waals surface area contributed by atoms with Crippen molar-refractivity contribution in [1.29, 1.82) is 0 Å². The van der Waals surface area contributed by atoms with Gasteiger partial charge in [0.2, 0.25) is 0 Å². The summed E-state index contributed by atoms with van der Waals surface area (Å²) in [4.78, 5) is 19.4. The fourth-order valence-corrected chi connectivity index (χ4v) is 3.41. The molecule has 4 nitrogen and oxygen atoms in total. The van der Waals surface area contributed by atoms with E-state index in [4.69, 9.17) is 0 Å². The molecular weight excluding hydrogens is 322 g/mol. The standard InChI is InChI=1S/C22H21N3O/c1-14-6-9-17(10-7-14)25-21(20-18(22(25)26)5-4-12-23-20)24-19-11-8-15(2)13-16(19)3/h4-13,21,24H,1-3H3/t21-/m1/s1. The van der Waals surface area contributed by atoms with E-state index in [0.717, 1.165) is 28.2 Å². The van der Waals surface area contributed by atoms with Crippen molar-refractivity contribution in [2.24, 2.45) is 0 Å². The van der Waals surface area contributed by atoms with Crippen molar-refractivity contribution in [1.82, 2.24) is 4.98 Å². The number of aryl methyl sites for hydroxylation is 3. The largest absolute Gasteiger partial charge is 0.360 e. The minimum Gasteiger partial charge on any atom is -0.360 e. The highest BCUT2D eigenvalue weighted by molar-refractivity contribution is 6.11. The Kier molecular flexibility index (Phi) is 3.96. The van der Waals surface area contributed by atoms with E-state index in [2.05, 4.69) is 42.3 Å². The van der Waals surface area contributed by atoms with Gasteiger partial charge in [-0.15, -0.1) is 0 Å². The molecule has 1 atom stereocenters. The van der Waals surface area contributed by atoms with Gasteiger partial charge in [0.15, 0.2) is 6.17 Å². The molecule has 1 aliphatic rings. The second-order valence-electron chi connectivity index (χ2n) is 6.81. The lowest BCUT2D eigenvalue weighted by atomic mass is 10.1. The smallest absolute Gasteiger partial charge is 0.262 e. The third kappa shape index (κ3) is 2.73. The SMILES string of the molecule is Cc1ccc(N2C(=O)c3cccnc3[C@@H]2Nc2ccc(C)cc2C)cc1. The van der Waals surface area contributed by atoms with E-state index in [-0.39, 0.29) is 12.1 Å². The molecule has 1 amide bonds. The maximum absolute atomic E-state index is 13.1. The van der Waals surface area contributed by atoms with Gasteiger partial charge in [0, 0.05) is 17.6 Å². The number of nitrogens with one attached hydrogen (secondary N) is 1. The first-order chi connectivity index (χ1) is 12.5. The average molecular weight is 343 g/mol. The van der Waals surface area contributed by atoms with Crippen LogP contribution in [0.1, 0.15) is 38.9 Å². The van der Waals surface area contributed by atoms with Crippen molar-refractivity contribution in [3.8, 4) is 0 Å². The molecule has 2 heterocycles. The summed E-state index contributed by atoms with van der Waals surface area (Å²) >= 11 is 0. The van der Waals surface area contributed by atoms with Gasteiger partial charge in [0.05, 0.1) is 11.3 Å². The molecule has 0 fully saturated rings. The van der Waals surface area contributed by atoms with Crippen molar-refractivity contribution in [3.63, 3.8) is 0 Å². The summed E-state index contributed by atoms with van der Waals surface area (Å²) in [6.45, 7) is 6.18. The Balaban J connectivity index is 1.79. The Hall–Kier alpha value is -3.14. The van der Waals surface area contributed by atoms with Gasteiger partial charge < -0.3 is 5.32 Å².